The maximum Gasteiger partial charge on any atom is 0.414 e. The second kappa shape index (κ2) is 10.4. The van der Waals surface area contributed by atoms with Gasteiger partial charge in [0.2, 0.25) is 0 Å². The fourth-order valence-corrected chi connectivity index (χ4v) is 3.34. The van der Waals surface area contributed by atoms with Crippen LogP contribution in [0.4, 0.5) is 16.2 Å². The molecule has 3 aromatic rings. The van der Waals surface area contributed by atoms with Gasteiger partial charge >= 0.3 is 6.09 Å². The standard InChI is InChI=1S/C25H27ClN4O3/c1-17-10-11-21(22(26)28-17)23(31)29-19-12-14-27-18(16-19)13-15-30(20-8-6-5-7-9-20)24(32)33-25(2,3)4/h5-12,14,16H,13,15H2,1-4H3,(H,27,29,31). The maximum atomic E-state index is 12.8. The van der Waals surface area contributed by atoms with Gasteiger partial charge in [-0.3, -0.25) is 14.7 Å². The van der Waals surface area contributed by atoms with E-state index in [-0.39, 0.29) is 11.1 Å². The second-order valence-corrected chi connectivity index (χ2v) is 8.86. The zero-order valence-electron chi connectivity index (χ0n) is 19.1. The molecule has 7 nitrogen and oxygen atoms in total. The van der Waals surface area contributed by atoms with E-state index < -0.39 is 11.7 Å². The Balaban J connectivity index is 1.72. The number of pyridine rings is 2. The molecule has 2 amide bonds. The van der Waals surface area contributed by atoms with Gasteiger partial charge in [-0.1, -0.05) is 29.8 Å². The van der Waals surface area contributed by atoms with Crippen LogP contribution in [-0.2, 0) is 11.2 Å². The van der Waals surface area contributed by atoms with Crippen molar-refractivity contribution in [1.82, 2.24) is 9.97 Å². The van der Waals surface area contributed by atoms with Crippen molar-refractivity contribution in [3.05, 3.63) is 82.9 Å². The molecule has 0 radical (unpaired) electrons. The Morgan fingerprint density at radius 2 is 1.82 bits per heavy atom. The smallest absolute Gasteiger partial charge is 0.414 e. The molecule has 1 N–H and O–H groups in total. The van der Waals surface area contributed by atoms with Crippen molar-refractivity contribution in [3.8, 4) is 0 Å². The first-order valence-electron chi connectivity index (χ1n) is 10.6. The second-order valence-electron chi connectivity index (χ2n) is 8.50. The highest BCUT2D eigenvalue weighted by molar-refractivity contribution is 6.33. The number of nitrogens with one attached hydrogen (secondary N) is 1. The number of anilines is 2. The van der Waals surface area contributed by atoms with Crippen molar-refractivity contribution in [2.75, 3.05) is 16.8 Å². The minimum absolute atomic E-state index is 0.151. The Morgan fingerprint density at radius 3 is 2.48 bits per heavy atom. The molecule has 2 heterocycles. The minimum atomic E-state index is -0.612. The number of ether oxygens (including phenoxy) is 1. The van der Waals surface area contributed by atoms with Crippen LogP contribution in [0.5, 0.6) is 0 Å². The monoisotopic (exact) mass is 466 g/mol. The minimum Gasteiger partial charge on any atom is -0.443 e. The highest BCUT2D eigenvalue weighted by Gasteiger charge is 2.23. The summed E-state index contributed by atoms with van der Waals surface area (Å²) in [6, 6.07) is 16.2. The van der Waals surface area contributed by atoms with Gasteiger partial charge in [-0.15, -0.1) is 0 Å². The molecule has 0 spiro atoms. The van der Waals surface area contributed by atoms with Gasteiger partial charge in [0.25, 0.3) is 5.91 Å². The summed E-state index contributed by atoms with van der Waals surface area (Å²) in [5, 5.41) is 2.97. The van der Waals surface area contributed by atoms with E-state index in [1.54, 1.807) is 42.3 Å². The average molecular weight is 467 g/mol. The predicted octanol–water partition coefficient (Wildman–Crippen LogP) is 5.67. The van der Waals surface area contributed by atoms with Crippen molar-refractivity contribution in [2.24, 2.45) is 0 Å². The fourth-order valence-electron chi connectivity index (χ4n) is 3.06. The number of para-hydroxylation sites is 1. The third-order valence-electron chi connectivity index (χ3n) is 4.58. The summed E-state index contributed by atoms with van der Waals surface area (Å²) in [6.07, 6.45) is 1.64. The SMILES string of the molecule is Cc1ccc(C(=O)Nc2ccnc(CCN(C(=O)OC(C)(C)C)c3ccccc3)c2)c(Cl)n1. The van der Waals surface area contributed by atoms with Gasteiger partial charge in [-0.25, -0.2) is 9.78 Å². The number of nitrogens with zero attached hydrogens (tertiary/aromatic N) is 3. The lowest BCUT2D eigenvalue weighted by Crippen LogP contribution is -2.38. The first-order chi connectivity index (χ1) is 15.6. The molecule has 1 aromatic carbocycles. The summed E-state index contributed by atoms with van der Waals surface area (Å²) in [5.74, 6) is -0.357. The van der Waals surface area contributed by atoms with Gasteiger partial charge in [0, 0.05) is 41.9 Å². The summed E-state index contributed by atoms with van der Waals surface area (Å²) in [7, 11) is 0. The number of aryl methyl sites for hydroxylation is 1. The molecule has 2 aromatic heterocycles. The van der Waals surface area contributed by atoms with Crippen LogP contribution in [-0.4, -0.2) is 34.1 Å². The number of carbonyl (C=O) groups is 2. The van der Waals surface area contributed by atoms with Gasteiger partial charge in [-0.2, -0.15) is 0 Å². The van der Waals surface area contributed by atoms with E-state index in [9.17, 15) is 9.59 Å². The van der Waals surface area contributed by atoms with E-state index in [4.69, 9.17) is 16.3 Å². The fraction of sp³-hybridized carbons (Fsp3) is 0.280. The molecule has 0 atom stereocenters. The number of halogens is 1. The molecule has 0 aliphatic rings. The van der Waals surface area contributed by atoms with Crippen molar-refractivity contribution in [3.63, 3.8) is 0 Å². The summed E-state index contributed by atoms with van der Waals surface area (Å²) in [6.45, 7) is 7.66. The highest BCUT2D eigenvalue weighted by Crippen LogP contribution is 2.20. The molecule has 8 heteroatoms. The molecular weight excluding hydrogens is 440 g/mol. The molecule has 0 unspecified atom stereocenters. The van der Waals surface area contributed by atoms with Crippen LogP contribution >= 0.6 is 11.6 Å². The van der Waals surface area contributed by atoms with Gasteiger partial charge in [0.1, 0.15) is 10.8 Å². The quantitative estimate of drug-likeness (QED) is 0.473. The molecule has 0 saturated heterocycles. The van der Waals surface area contributed by atoms with Crippen LogP contribution in [0.2, 0.25) is 5.15 Å². The zero-order chi connectivity index (χ0) is 24.0. The number of benzene rings is 1. The van der Waals surface area contributed by atoms with E-state index in [2.05, 4.69) is 15.3 Å². The van der Waals surface area contributed by atoms with Crippen molar-refractivity contribution < 1.29 is 14.3 Å². The zero-order valence-corrected chi connectivity index (χ0v) is 19.9. The number of hydrogen-bond acceptors (Lipinski definition) is 5. The van der Waals surface area contributed by atoms with E-state index >= 15 is 0 Å². The molecule has 0 bridgehead atoms. The predicted molar refractivity (Wildman–Crippen MR) is 130 cm³/mol. The Morgan fingerprint density at radius 1 is 1.09 bits per heavy atom. The first-order valence-corrected chi connectivity index (χ1v) is 11.0. The average Bonchev–Trinajstić information content (AvgIpc) is 2.73. The van der Waals surface area contributed by atoms with Crippen LogP contribution in [0.15, 0.2) is 60.8 Å². The number of aromatic nitrogens is 2. The summed E-state index contributed by atoms with van der Waals surface area (Å²) < 4.78 is 5.58. The normalized spacial score (nSPS) is 11.1. The van der Waals surface area contributed by atoms with Crippen molar-refractivity contribution in [1.29, 1.82) is 0 Å². The Labute approximate surface area is 198 Å². The van der Waals surface area contributed by atoms with Crippen LogP contribution in [0.25, 0.3) is 0 Å². The van der Waals surface area contributed by atoms with E-state index in [0.717, 1.165) is 11.4 Å². The van der Waals surface area contributed by atoms with E-state index in [0.29, 0.717) is 29.9 Å². The van der Waals surface area contributed by atoms with Crippen LogP contribution < -0.4 is 10.2 Å². The van der Waals surface area contributed by atoms with Gasteiger partial charge in [-0.05, 0) is 64.1 Å². The summed E-state index contributed by atoms with van der Waals surface area (Å²) >= 11 is 6.11. The third kappa shape index (κ3) is 7.02. The summed E-state index contributed by atoms with van der Waals surface area (Å²) in [5.41, 5.74) is 2.43. The van der Waals surface area contributed by atoms with Crippen LogP contribution in [0, 0.1) is 6.92 Å². The molecule has 3 rings (SSSR count). The molecule has 0 saturated carbocycles. The van der Waals surface area contributed by atoms with E-state index in [1.807, 2.05) is 51.1 Å². The van der Waals surface area contributed by atoms with Gasteiger partial charge < -0.3 is 10.1 Å². The first kappa shape index (κ1) is 24.2. The Hall–Kier alpha value is -3.45. The number of hydrogen-bond donors (Lipinski definition) is 1. The van der Waals surface area contributed by atoms with Gasteiger partial charge in [0.05, 0.1) is 5.56 Å². The lowest BCUT2D eigenvalue weighted by atomic mass is 10.2. The lowest BCUT2D eigenvalue weighted by molar-refractivity contribution is 0.0580. The number of rotatable bonds is 6. The maximum absolute atomic E-state index is 12.8. The van der Waals surface area contributed by atoms with Crippen LogP contribution in [0.1, 0.15) is 42.5 Å². The topological polar surface area (TPSA) is 84.4 Å². The lowest BCUT2D eigenvalue weighted by Gasteiger charge is -2.27. The van der Waals surface area contributed by atoms with E-state index in [1.165, 1.54) is 0 Å². The molecular formula is C25H27ClN4O3. The highest BCUT2D eigenvalue weighted by atomic mass is 35.5. The van der Waals surface area contributed by atoms with Gasteiger partial charge in [0.15, 0.2) is 0 Å². The molecule has 0 fully saturated rings. The largest absolute Gasteiger partial charge is 0.443 e. The number of amides is 2. The molecule has 0 aliphatic heterocycles. The Kier molecular flexibility index (Phi) is 7.66. The number of carbonyl (C=O) groups excluding carboxylic acids is 2. The molecule has 33 heavy (non-hydrogen) atoms. The van der Waals surface area contributed by atoms with Crippen molar-refractivity contribution in [2.45, 2.75) is 39.7 Å². The summed E-state index contributed by atoms with van der Waals surface area (Å²) in [4.78, 5) is 35.5. The Bertz CT molecular complexity index is 1130. The van der Waals surface area contributed by atoms with Crippen LogP contribution in [0.3, 0.4) is 0 Å². The molecule has 0 aliphatic carbocycles. The molecule has 172 valence electrons. The third-order valence-corrected chi connectivity index (χ3v) is 4.87. The van der Waals surface area contributed by atoms with Crippen molar-refractivity contribution >= 4 is 35.0 Å².